The second kappa shape index (κ2) is 13.2. The third-order valence-corrected chi connectivity index (χ3v) is 11.5. The lowest BCUT2D eigenvalue weighted by Gasteiger charge is -2.13. The summed E-state index contributed by atoms with van der Waals surface area (Å²) in [5.74, 6) is 1.31. The van der Waals surface area contributed by atoms with E-state index in [0.717, 1.165) is 82.7 Å². The largest absolute Gasteiger partial charge is 0.436 e. The number of thiazole rings is 1. The summed E-state index contributed by atoms with van der Waals surface area (Å²) in [6.45, 7) is 0. The van der Waals surface area contributed by atoms with Gasteiger partial charge in [-0.1, -0.05) is 133 Å². The molecule has 0 fully saturated rings. The number of hydrogen-bond donors (Lipinski definition) is 0. The molecule has 0 aliphatic rings. The van der Waals surface area contributed by atoms with Gasteiger partial charge in [0, 0.05) is 27.8 Å². The molecular weight excluding hydrogens is 705 g/mol. The van der Waals surface area contributed by atoms with Crippen molar-refractivity contribution >= 4 is 54.2 Å². The first-order valence-electron chi connectivity index (χ1n) is 18.5. The molecule has 262 valence electrons. The molecule has 6 heteroatoms. The summed E-state index contributed by atoms with van der Waals surface area (Å²) in [6.07, 6.45) is 0. The van der Waals surface area contributed by atoms with Gasteiger partial charge in [-0.15, -0.1) is 11.3 Å². The third-order valence-electron chi connectivity index (χ3n) is 10.4. The monoisotopic (exact) mass is 734 g/mol. The number of oxazole rings is 1. The van der Waals surface area contributed by atoms with E-state index in [0.29, 0.717) is 11.7 Å². The van der Waals surface area contributed by atoms with Crippen LogP contribution in [0.2, 0.25) is 0 Å². The summed E-state index contributed by atoms with van der Waals surface area (Å²) in [5.41, 5.74) is 11.7. The summed E-state index contributed by atoms with van der Waals surface area (Å²) in [5, 5.41) is 5.68. The van der Waals surface area contributed by atoms with Crippen molar-refractivity contribution in [2.45, 2.75) is 0 Å². The van der Waals surface area contributed by atoms with Gasteiger partial charge in [0.1, 0.15) is 10.5 Å². The SMILES string of the molecule is c1ccc2c(c1)cc(-c1nc(-c3ccc(-c4ccc(-c5nc6ccccc6o5)cc4)cc3)cc(-c3ccc(-c4nc5ccccc5s4)cc3)n1)c1ccccc12. The maximum Gasteiger partial charge on any atom is 0.227 e. The van der Waals surface area contributed by atoms with Gasteiger partial charge < -0.3 is 4.42 Å². The summed E-state index contributed by atoms with van der Waals surface area (Å²) in [7, 11) is 0. The van der Waals surface area contributed by atoms with Crippen LogP contribution in [0.5, 0.6) is 0 Å². The Morgan fingerprint density at radius 2 is 0.946 bits per heavy atom. The van der Waals surface area contributed by atoms with Gasteiger partial charge in [-0.2, -0.15) is 0 Å². The van der Waals surface area contributed by atoms with Crippen molar-refractivity contribution in [3.8, 4) is 67.1 Å². The van der Waals surface area contributed by atoms with Gasteiger partial charge in [-0.3, -0.25) is 0 Å². The Hall–Kier alpha value is -7.28. The number of nitrogens with zero attached hydrogens (tertiary/aromatic N) is 4. The lowest BCUT2D eigenvalue weighted by atomic mass is 9.96. The van der Waals surface area contributed by atoms with E-state index >= 15 is 0 Å². The first-order chi connectivity index (χ1) is 27.7. The minimum atomic E-state index is 0.619. The van der Waals surface area contributed by atoms with Crippen LogP contribution in [0.4, 0.5) is 0 Å². The van der Waals surface area contributed by atoms with Gasteiger partial charge in [0.05, 0.1) is 21.6 Å². The Bertz CT molecular complexity index is 3170. The zero-order valence-electron chi connectivity index (χ0n) is 29.9. The van der Waals surface area contributed by atoms with Crippen molar-refractivity contribution in [2.24, 2.45) is 0 Å². The second-order valence-electron chi connectivity index (χ2n) is 13.9. The molecule has 0 aliphatic carbocycles. The van der Waals surface area contributed by atoms with E-state index in [2.05, 4.69) is 157 Å². The van der Waals surface area contributed by atoms with Crippen molar-refractivity contribution in [1.82, 2.24) is 19.9 Å². The van der Waals surface area contributed by atoms with Gasteiger partial charge in [0.15, 0.2) is 11.4 Å². The average Bonchev–Trinajstić information content (AvgIpc) is 3.92. The lowest BCUT2D eigenvalue weighted by Crippen LogP contribution is -1.97. The van der Waals surface area contributed by atoms with Crippen LogP contribution < -0.4 is 0 Å². The fourth-order valence-corrected chi connectivity index (χ4v) is 8.49. The minimum Gasteiger partial charge on any atom is -0.436 e. The van der Waals surface area contributed by atoms with Gasteiger partial charge in [0.2, 0.25) is 5.89 Å². The number of aromatic nitrogens is 4. The van der Waals surface area contributed by atoms with Crippen LogP contribution in [-0.2, 0) is 0 Å². The quantitative estimate of drug-likeness (QED) is 0.159. The molecule has 0 bridgehead atoms. The van der Waals surface area contributed by atoms with Crippen LogP contribution >= 0.6 is 11.3 Å². The lowest BCUT2D eigenvalue weighted by molar-refractivity contribution is 0.620. The molecule has 0 amide bonds. The highest BCUT2D eigenvalue weighted by Crippen LogP contribution is 2.37. The van der Waals surface area contributed by atoms with Crippen LogP contribution in [0, 0.1) is 0 Å². The molecule has 3 heterocycles. The molecule has 0 saturated carbocycles. The van der Waals surface area contributed by atoms with E-state index in [1.807, 2.05) is 30.3 Å². The van der Waals surface area contributed by atoms with Crippen molar-refractivity contribution < 1.29 is 4.42 Å². The van der Waals surface area contributed by atoms with E-state index in [1.54, 1.807) is 11.3 Å². The van der Waals surface area contributed by atoms with E-state index in [-0.39, 0.29) is 0 Å². The molecule has 5 nitrogen and oxygen atoms in total. The highest BCUT2D eigenvalue weighted by Gasteiger charge is 2.16. The molecule has 0 radical (unpaired) electrons. The van der Waals surface area contributed by atoms with E-state index in [9.17, 15) is 0 Å². The van der Waals surface area contributed by atoms with E-state index < -0.39 is 0 Å². The highest BCUT2D eigenvalue weighted by molar-refractivity contribution is 7.21. The van der Waals surface area contributed by atoms with Crippen LogP contribution in [0.15, 0.2) is 186 Å². The highest BCUT2D eigenvalue weighted by atomic mass is 32.1. The van der Waals surface area contributed by atoms with Crippen LogP contribution in [-0.4, -0.2) is 19.9 Å². The Labute approximate surface area is 326 Å². The van der Waals surface area contributed by atoms with Gasteiger partial charge in [0.25, 0.3) is 0 Å². The first-order valence-corrected chi connectivity index (χ1v) is 19.4. The normalized spacial score (nSPS) is 11.6. The predicted molar refractivity (Wildman–Crippen MR) is 230 cm³/mol. The Balaban J connectivity index is 0.989. The molecule has 0 atom stereocenters. The second-order valence-corrected chi connectivity index (χ2v) is 14.9. The van der Waals surface area contributed by atoms with Gasteiger partial charge >= 0.3 is 0 Å². The van der Waals surface area contributed by atoms with Crippen LogP contribution in [0.1, 0.15) is 0 Å². The first kappa shape index (κ1) is 32.2. The topological polar surface area (TPSA) is 64.7 Å². The third kappa shape index (κ3) is 5.72. The summed E-state index contributed by atoms with van der Waals surface area (Å²) in [6, 6.07) is 63.0. The van der Waals surface area contributed by atoms with Crippen molar-refractivity contribution in [3.05, 3.63) is 182 Å². The minimum absolute atomic E-state index is 0.619. The molecule has 0 spiro atoms. The molecule has 0 unspecified atom stereocenters. The van der Waals surface area contributed by atoms with Gasteiger partial charge in [-0.25, -0.2) is 19.9 Å². The van der Waals surface area contributed by atoms with Crippen LogP contribution in [0.3, 0.4) is 0 Å². The van der Waals surface area contributed by atoms with Crippen LogP contribution in [0.25, 0.3) is 110 Å². The number of benzene rings is 8. The van der Waals surface area contributed by atoms with Crippen molar-refractivity contribution in [1.29, 1.82) is 0 Å². The standard InChI is InChI=1S/C50H30N4OS/c1-2-10-38-37(9-1)29-41(40-12-4-3-11-39(38)40)48-51-44(30-45(52-48)34-23-27-36(28-24-34)50-54-43-14-6-8-16-47(43)56-50)33-21-17-31(18-22-33)32-19-25-35(26-20-32)49-53-42-13-5-7-15-46(42)55-49/h1-30H. The molecule has 11 rings (SSSR count). The maximum absolute atomic E-state index is 6.00. The smallest absolute Gasteiger partial charge is 0.227 e. The zero-order chi connectivity index (χ0) is 37.0. The molecule has 56 heavy (non-hydrogen) atoms. The number of para-hydroxylation sites is 3. The zero-order valence-corrected chi connectivity index (χ0v) is 30.7. The van der Waals surface area contributed by atoms with Crippen molar-refractivity contribution in [3.63, 3.8) is 0 Å². The molecule has 0 N–H and O–H groups in total. The summed E-state index contributed by atoms with van der Waals surface area (Å²) in [4.78, 5) is 20.1. The molecular formula is C50H30N4OS. The molecule has 0 saturated heterocycles. The average molecular weight is 735 g/mol. The Morgan fingerprint density at radius 1 is 0.393 bits per heavy atom. The molecule has 0 aliphatic heterocycles. The molecule has 11 aromatic rings. The van der Waals surface area contributed by atoms with Crippen molar-refractivity contribution in [2.75, 3.05) is 0 Å². The number of fused-ring (bicyclic) bond motifs is 5. The summed E-state index contributed by atoms with van der Waals surface area (Å²) < 4.78 is 7.19. The Morgan fingerprint density at radius 3 is 1.64 bits per heavy atom. The van der Waals surface area contributed by atoms with E-state index in [1.165, 1.54) is 15.5 Å². The fourth-order valence-electron chi connectivity index (χ4n) is 7.52. The predicted octanol–water partition coefficient (Wildman–Crippen LogP) is 13.5. The summed E-state index contributed by atoms with van der Waals surface area (Å²) >= 11 is 1.71. The van der Waals surface area contributed by atoms with Gasteiger partial charge in [-0.05, 0) is 81.2 Å². The molecule has 3 aromatic heterocycles. The van der Waals surface area contributed by atoms with E-state index in [4.69, 9.17) is 19.4 Å². The molecule has 8 aromatic carbocycles. The number of hydrogen-bond acceptors (Lipinski definition) is 6. The Kier molecular flexibility index (Phi) is 7.60. The number of rotatable bonds is 6. The maximum atomic E-state index is 6.00. The fraction of sp³-hybridized carbons (Fsp3) is 0.